The molecule has 0 fully saturated rings. The van der Waals surface area contributed by atoms with E-state index in [1.165, 1.54) is 295 Å². The standard InChI is InChI=1S/C70H134O6/c1-4-7-10-13-16-19-22-25-27-28-29-30-31-32-33-34-35-36-37-38-39-40-41-42-43-46-48-51-54-57-60-63-69(72)75-66-67(65-74-68(71)62-59-56-53-50-47-44-24-21-18-15-12-9-6-3)76-70(73)64-61-58-55-52-49-45-26-23-20-17-14-11-8-5-2/h23,26,67H,4-22,24-25,27-66H2,1-3H3/b26-23-. The summed E-state index contributed by atoms with van der Waals surface area (Å²) in [4.78, 5) is 38.3. The van der Waals surface area contributed by atoms with Crippen molar-refractivity contribution in [3.05, 3.63) is 12.2 Å². The maximum absolute atomic E-state index is 12.9. The number of esters is 3. The quantitative estimate of drug-likeness (QED) is 0.0261. The Morgan fingerprint density at radius 2 is 0.434 bits per heavy atom. The highest BCUT2D eigenvalue weighted by Gasteiger charge is 2.19. The van der Waals surface area contributed by atoms with Crippen molar-refractivity contribution in [3.63, 3.8) is 0 Å². The number of carbonyl (C=O) groups is 3. The summed E-state index contributed by atoms with van der Waals surface area (Å²) >= 11 is 0. The molecule has 0 aromatic heterocycles. The van der Waals surface area contributed by atoms with E-state index in [0.29, 0.717) is 19.3 Å². The van der Waals surface area contributed by atoms with E-state index in [0.717, 1.165) is 64.2 Å². The molecule has 0 rings (SSSR count). The minimum absolute atomic E-state index is 0.0670. The zero-order valence-corrected chi connectivity index (χ0v) is 51.8. The van der Waals surface area contributed by atoms with E-state index in [4.69, 9.17) is 14.2 Å². The number of hydrogen-bond acceptors (Lipinski definition) is 6. The summed E-state index contributed by atoms with van der Waals surface area (Å²) in [6.45, 7) is 6.70. The molecule has 0 saturated heterocycles. The third-order valence-corrected chi connectivity index (χ3v) is 16.0. The molecule has 76 heavy (non-hydrogen) atoms. The molecule has 0 heterocycles. The van der Waals surface area contributed by atoms with Gasteiger partial charge in [0.1, 0.15) is 13.2 Å². The van der Waals surface area contributed by atoms with Gasteiger partial charge in [-0.15, -0.1) is 0 Å². The zero-order valence-electron chi connectivity index (χ0n) is 51.8. The molecule has 0 aliphatic rings. The van der Waals surface area contributed by atoms with Gasteiger partial charge < -0.3 is 14.2 Å². The second-order valence-electron chi connectivity index (χ2n) is 23.8. The first-order valence-electron chi connectivity index (χ1n) is 34.7. The first kappa shape index (κ1) is 74.2. The van der Waals surface area contributed by atoms with Gasteiger partial charge in [0, 0.05) is 19.3 Å². The lowest BCUT2D eigenvalue weighted by molar-refractivity contribution is -0.167. The summed E-state index contributed by atoms with van der Waals surface area (Å²) in [5, 5.41) is 0. The van der Waals surface area contributed by atoms with Crippen molar-refractivity contribution in [2.75, 3.05) is 13.2 Å². The Kier molecular flexibility index (Phi) is 64.1. The van der Waals surface area contributed by atoms with Crippen LogP contribution in [-0.2, 0) is 28.6 Å². The molecule has 0 spiro atoms. The highest BCUT2D eigenvalue weighted by atomic mass is 16.6. The Labute approximate surface area is 475 Å². The molecule has 0 aromatic carbocycles. The largest absolute Gasteiger partial charge is 0.462 e. The van der Waals surface area contributed by atoms with Gasteiger partial charge in [0.25, 0.3) is 0 Å². The summed E-state index contributed by atoms with van der Waals surface area (Å²) < 4.78 is 16.9. The van der Waals surface area contributed by atoms with Crippen molar-refractivity contribution in [2.45, 2.75) is 406 Å². The van der Waals surface area contributed by atoms with E-state index < -0.39 is 6.10 Å². The summed E-state index contributed by atoms with van der Waals surface area (Å²) in [5.74, 6) is -0.846. The predicted octanol–water partition coefficient (Wildman–Crippen LogP) is 23.6. The van der Waals surface area contributed by atoms with Crippen LogP contribution in [0.25, 0.3) is 0 Å². The lowest BCUT2D eigenvalue weighted by atomic mass is 10.0. The van der Waals surface area contributed by atoms with Crippen LogP contribution in [0.15, 0.2) is 12.2 Å². The van der Waals surface area contributed by atoms with Gasteiger partial charge in [-0.2, -0.15) is 0 Å². The summed E-state index contributed by atoms with van der Waals surface area (Å²) in [6.07, 6.45) is 78.3. The van der Waals surface area contributed by atoms with E-state index in [9.17, 15) is 14.4 Å². The first-order chi connectivity index (χ1) is 37.5. The second kappa shape index (κ2) is 65.7. The van der Waals surface area contributed by atoms with Crippen LogP contribution in [0.2, 0.25) is 0 Å². The molecule has 0 bridgehead atoms. The number of allylic oxidation sites excluding steroid dienone is 2. The molecule has 450 valence electrons. The van der Waals surface area contributed by atoms with Crippen molar-refractivity contribution < 1.29 is 28.6 Å². The molecular formula is C70H134O6. The normalized spacial score (nSPS) is 12.0. The number of rotatable bonds is 65. The fourth-order valence-corrected chi connectivity index (χ4v) is 10.8. The van der Waals surface area contributed by atoms with Gasteiger partial charge >= 0.3 is 17.9 Å². The van der Waals surface area contributed by atoms with Gasteiger partial charge in [0.15, 0.2) is 6.10 Å². The summed E-state index contributed by atoms with van der Waals surface area (Å²) in [5.41, 5.74) is 0. The predicted molar refractivity (Wildman–Crippen MR) is 330 cm³/mol. The molecule has 1 unspecified atom stereocenters. The smallest absolute Gasteiger partial charge is 0.306 e. The molecule has 0 amide bonds. The minimum atomic E-state index is -0.770. The minimum Gasteiger partial charge on any atom is -0.462 e. The van der Waals surface area contributed by atoms with Crippen LogP contribution in [0.4, 0.5) is 0 Å². The topological polar surface area (TPSA) is 78.9 Å². The third-order valence-electron chi connectivity index (χ3n) is 16.0. The van der Waals surface area contributed by atoms with Crippen LogP contribution in [0, 0.1) is 0 Å². The average molecular weight is 1070 g/mol. The molecule has 0 aliphatic carbocycles. The lowest BCUT2D eigenvalue weighted by Gasteiger charge is -2.18. The Balaban J connectivity index is 4.07. The molecule has 0 aliphatic heterocycles. The van der Waals surface area contributed by atoms with Gasteiger partial charge in [-0.05, 0) is 44.9 Å². The molecule has 0 N–H and O–H groups in total. The van der Waals surface area contributed by atoms with Crippen LogP contribution in [-0.4, -0.2) is 37.2 Å². The Hall–Kier alpha value is -1.85. The maximum atomic E-state index is 12.9. The summed E-state index contributed by atoms with van der Waals surface area (Å²) in [7, 11) is 0. The molecular weight excluding hydrogens is 937 g/mol. The van der Waals surface area contributed by atoms with Crippen molar-refractivity contribution in [1.82, 2.24) is 0 Å². The average Bonchev–Trinajstić information content (AvgIpc) is 3.42. The van der Waals surface area contributed by atoms with Crippen LogP contribution >= 0.6 is 0 Å². The molecule has 0 radical (unpaired) electrons. The van der Waals surface area contributed by atoms with E-state index in [-0.39, 0.29) is 31.1 Å². The van der Waals surface area contributed by atoms with Crippen molar-refractivity contribution in [3.8, 4) is 0 Å². The highest BCUT2D eigenvalue weighted by Crippen LogP contribution is 2.19. The molecule has 1 atom stereocenters. The zero-order chi connectivity index (χ0) is 55.0. The molecule has 0 aromatic rings. The van der Waals surface area contributed by atoms with Gasteiger partial charge in [0.05, 0.1) is 0 Å². The lowest BCUT2D eigenvalue weighted by Crippen LogP contribution is -2.30. The fraction of sp³-hybridized carbons (Fsp3) is 0.929. The van der Waals surface area contributed by atoms with E-state index in [1.54, 1.807) is 0 Å². The Morgan fingerprint density at radius 3 is 0.658 bits per heavy atom. The highest BCUT2D eigenvalue weighted by molar-refractivity contribution is 5.71. The number of unbranched alkanes of at least 4 members (excludes halogenated alkanes) is 52. The van der Waals surface area contributed by atoms with E-state index in [1.807, 2.05) is 0 Å². The fourth-order valence-electron chi connectivity index (χ4n) is 10.8. The third kappa shape index (κ3) is 63.0. The second-order valence-corrected chi connectivity index (χ2v) is 23.8. The van der Waals surface area contributed by atoms with Crippen molar-refractivity contribution in [1.29, 1.82) is 0 Å². The molecule has 0 saturated carbocycles. The van der Waals surface area contributed by atoms with Crippen LogP contribution in [0.3, 0.4) is 0 Å². The SMILES string of the molecule is CCCCCCC/C=C\CCCCCCCC(=O)OC(COC(=O)CCCCCCCCCCCCCCC)COC(=O)CCCCCCCCCCCCCCCCCCCCCCCCCCCCCCCCC. The van der Waals surface area contributed by atoms with Crippen LogP contribution < -0.4 is 0 Å². The van der Waals surface area contributed by atoms with Crippen molar-refractivity contribution >= 4 is 17.9 Å². The monoisotopic (exact) mass is 1070 g/mol. The van der Waals surface area contributed by atoms with Gasteiger partial charge in [0.2, 0.25) is 0 Å². The van der Waals surface area contributed by atoms with Gasteiger partial charge in [-0.3, -0.25) is 14.4 Å². The number of hydrogen-bond donors (Lipinski definition) is 0. The molecule has 6 heteroatoms. The van der Waals surface area contributed by atoms with Crippen LogP contribution in [0.1, 0.15) is 400 Å². The maximum Gasteiger partial charge on any atom is 0.306 e. The van der Waals surface area contributed by atoms with E-state index in [2.05, 4.69) is 32.9 Å². The van der Waals surface area contributed by atoms with Crippen LogP contribution in [0.5, 0.6) is 0 Å². The summed E-state index contributed by atoms with van der Waals surface area (Å²) in [6, 6.07) is 0. The van der Waals surface area contributed by atoms with Crippen molar-refractivity contribution in [2.24, 2.45) is 0 Å². The van der Waals surface area contributed by atoms with Gasteiger partial charge in [-0.1, -0.05) is 348 Å². The van der Waals surface area contributed by atoms with E-state index >= 15 is 0 Å². The number of carbonyl (C=O) groups excluding carboxylic acids is 3. The number of ether oxygens (including phenoxy) is 3. The Bertz CT molecular complexity index is 1180. The Morgan fingerprint density at radius 1 is 0.250 bits per heavy atom. The van der Waals surface area contributed by atoms with Gasteiger partial charge in [-0.25, -0.2) is 0 Å². The molecule has 6 nitrogen and oxygen atoms in total. The first-order valence-corrected chi connectivity index (χ1v) is 34.7.